The van der Waals surface area contributed by atoms with E-state index in [0.717, 1.165) is 44.9 Å². The second-order valence-electron chi connectivity index (χ2n) is 33.9. The number of nitrogens with one attached hydrogen (secondary N) is 2. The lowest BCUT2D eigenvalue weighted by molar-refractivity contribution is -0.150. The van der Waals surface area contributed by atoms with Crippen LogP contribution >= 0.6 is 11.8 Å². The number of ether oxygens (including phenoxy) is 30. The van der Waals surface area contributed by atoms with Crippen molar-refractivity contribution in [1.82, 2.24) is 10.6 Å². The van der Waals surface area contributed by atoms with Crippen molar-refractivity contribution in [3.05, 3.63) is 0 Å². The summed E-state index contributed by atoms with van der Waals surface area (Å²) < 4.78 is 166. The zero-order valence-corrected chi connectivity index (χ0v) is 90.3. The fourth-order valence-electron chi connectivity index (χ4n) is 13.1. The predicted molar refractivity (Wildman–Crippen MR) is 550 cm³/mol. The summed E-state index contributed by atoms with van der Waals surface area (Å²) in [5.74, 6) is -1.46. The van der Waals surface area contributed by atoms with Gasteiger partial charge in [0.15, 0.2) is 5.78 Å². The predicted octanol–water partition coefficient (Wildman–Crippen LogP) is 9.38. The Morgan fingerprint density at radius 2 is 0.497 bits per heavy atom. The number of hydrogen-bond donors (Lipinski definition) is 5. The number of carbonyl (C=O) groups is 6. The number of unbranched alkanes of at least 4 members (excludes halogenated alkanes) is 23. The number of nitrogens with two attached hydrogens (primary N) is 2. The molecule has 0 bridgehead atoms. The van der Waals surface area contributed by atoms with E-state index in [2.05, 4.69) is 24.5 Å². The van der Waals surface area contributed by atoms with Crippen LogP contribution in [-0.2, 0) is 166 Å². The van der Waals surface area contributed by atoms with Crippen LogP contribution in [0.1, 0.15) is 213 Å². The lowest BCUT2D eigenvalue weighted by Crippen LogP contribution is -2.51. The van der Waals surface area contributed by atoms with Gasteiger partial charge in [0.1, 0.15) is 24.5 Å². The second-order valence-corrected chi connectivity index (χ2v) is 35.0. The third-order valence-electron chi connectivity index (χ3n) is 21.2. The van der Waals surface area contributed by atoms with Gasteiger partial charge in [0.2, 0.25) is 11.8 Å². The molecular weight excluding hydrogens is 1920 g/mol. The van der Waals surface area contributed by atoms with Gasteiger partial charge in [0.05, 0.1) is 376 Å². The monoisotopic (exact) mass is 2120 g/mol. The molecule has 0 rings (SSSR count). The molecule has 0 aliphatic rings. The molecule has 3 atom stereocenters. The Hall–Kier alpha value is -3.83. The summed E-state index contributed by atoms with van der Waals surface area (Å²) in [4.78, 5) is 74.0. The third kappa shape index (κ3) is 119. The molecule has 7 N–H and O–H groups in total. The summed E-state index contributed by atoms with van der Waals surface area (Å²) in [5.41, 5.74) is 11.3. The Kier molecular flexibility index (Phi) is 120. The van der Waals surface area contributed by atoms with Crippen LogP contribution in [0.4, 0.5) is 4.79 Å². The van der Waals surface area contributed by atoms with E-state index in [1.807, 2.05) is 0 Å². The number of rotatable bonds is 129. The van der Waals surface area contributed by atoms with Gasteiger partial charge in [0, 0.05) is 56.8 Å². The number of alkyl carbamates (subject to hydrolysis) is 1. The normalized spacial score (nSPS) is 12.3. The summed E-state index contributed by atoms with van der Waals surface area (Å²) in [5, 5.41) is 15.4. The van der Waals surface area contributed by atoms with Crippen LogP contribution in [0.5, 0.6) is 0 Å². The molecule has 0 aromatic heterocycles. The van der Waals surface area contributed by atoms with Gasteiger partial charge >= 0.3 is 12.1 Å². The molecule has 0 aromatic rings. The molecule has 145 heavy (non-hydrogen) atoms. The minimum absolute atomic E-state index is 0.0465. The fourth-order valence-corrected chi connectivity index (χ4v) is 14.0. The van der Waals surface area contributed by atoms with E-state index in [1.54, 1.807) is 0 Å². The first-order chi connectivity index (χ1) is 71.5. The Morgan fingerprint density at radius 1 is 0.262 bits per heavy atom. The SMILES string of the molecule is CCCCCCCCCCCCCCCC(=O)O[C@H](COC(=O)NCCCCCCCCCCCCCC)CSC[C@H](N)C(=O)N[C@@H](CO)C(=O)CCCOCCOCCOCCOCCOCCOCCOCCOCCOCCOCCOCCOCCOCCOCCOCCOCCOCCOCCOCCOCCOCCOCCOCCOCCOCCOCCOCCOCCC(=O)CCC(N)=O. The molecule has 0 saturated carbocycles. The van der Waals surface area contributed by atoms with Gasteiger partial charge in [-0.2, -0.15) is 11.8 Å². The number of aliphatic hydroxyl groups is 1. The summed E-state index contributed by atoms with van der Waals surface area (Å²) in [6.45, 7) is 29.0. The van der Waals surface area contributed by atoms with Gasteiger partial charge in [-0.25, -0.2) is 4.79 Å². The highest BCUT2D eigenvalue weighted by atomic mass is 32.2. The van der Waals surface area contributed by atoms with Crippen molar-refractivity contribution in [3.8, 4) is 0 Å². The van der Waals surface area contributed by atoms with Crippen LogP contribution in [0.25, 0.3) is 0 Å². The van der Waals surface area contributed by atoms with Gasteiger partial charge < -0.3 is 169 Å². The zero-order valence-electron chi connectivity index (χ0n) is 89.5. The van der Waals surface area contributed by atoms with E-state index >= 15 is 0 Å². The first-order valence-electron chi connectivity index (χ1n) is 54.4. The van der Waals surface area contributed by atoms with Gasteiger partial charge in [0.25, 0.3) is 0 Å². The highest BCUT2D eigenvalue weighted by Gasteiger charge is 2.25. The van der Waals surface area contributed by atoms with E-state index < -0.39 is 42.7 Å². The molecule has 42 heteroatoms. The smallest absolute Gasteiger partial charge is 0.407 e. The molecule has 0 spiro atoms. The number of ketones is 2. The van der Waals surface area contributed by atoms with Crippen molar-refractivity contribution in [1.29, 1.82) is 0 Å². The molecule has 0 aromatic carbocycles. The van der Waals surface area contributed by atoms with Crippen molar-refractivity contribution in [3.63, 3.8) is 0 Å². The standard InChI is InChI=1S/C103H200N4O37S/c1-3-5-7-9-11-13-15-17-18-20-22-24-26-30-101(112)144-96(92-143-103(114)106-34-27-25-23-21-19-16-14-12-10-8-6-4-2)93-145-94-97(104)102(113)107-98(91-108)99(110)29-28-35-115-37-39-117-41-43-119-45-47-121-49-51-123-53-55-125-57-59-127-61-63-129-65-67-131-69-71-133-73-75-135-77-79-137-81-83-139-85-87-141-89-90-142-88-86-140-84-82-138-80-78-136-76-74-134-72-70-132-68-66-130-64-62-128-60-58-126-56-54-124-52-50-122-48-46-120-44-42-118-40-38-116-36-33-95(109)31-32-100(105)111/h96-98,108H,3-94,104H2,1-2H3,(H2,105,111)(H,106,114)(H,107,113)/t96-,97+,98+/m1/s1. The van der Waals surface area contributed by atoms with Crippen LogP contribution in [0.3, 0.4) is 0 Å². The van der Waals surface area contributed by atoms with Crippen LogP contribution in [0, 0.1) is 0 Å². The van der Waals surface area contributed by atoms with E-state index in [9.17, 15) is 33.9 Å². The number of hydrogen-bond acceptors (Lipinski definition) is 39. The molecule has 41 nitrogen and oxygen atoms in total. The molecule has 0 unspecified atom stereocenters. The number of esters is 1. The van der Waals surface area contributed by atoms with Gasteiger partial charge in [-0.3, -0.25) is 24.0 Å². The molecule has 0 aliphatic heterocycles. The maximum absolute atomic E-state index is 13.1. The number of carbonyl (C=O) groups excluding carboxylic acids is 6. The number of amides is 3. The van der Waals surface area contributed by atoms with Crippen molar-refractivity contribution in [2.75, 3.05) is 401 Å². The molecule has 0 heterocycles. The van der Waals surface area contributed by atoms with Gasteiger partial charge in [-0.15, -0.1) is 0 Å². The second kappa shape index (κ2) is 124. The van der Waals surface area contributed by atoms with Crippen molar-refractivity contribution in [2.45, 2.75) is 231 Å². The summed E-state index contributed by atoms with van der Waals surface area (Å²) in [6, 6.07) is -2.15. The topological polar surface area (TPSA) is 476 Å². The van der Waals surface area contributed by atoms with E-state index in [1.165, 1.54) is 127 Å². The average molecular weight is 2120 g/mol. The lowest BCUT2D eigenvalue weighted by atomic mass is 10.0. The van der Waals surface area contributed by atoms with Gasteiger partial charge in [-0.05, 0) is 19.3 Å². The Morgan fingerprint density at radius 3 is 0.745 bits per heavy atom. The summed E-state index contributed by atoms with van der Waals surface area (Å²) in [7, 11) is 0. The molecule has 0 radical (unpaired) electrons. The largest absolute Gasteiger partial charge is 0.458 e. The number of aliphatic hydroxyl groups excluding tert-OH is 1. The number of Topliss-reactive ketones (excluding diaryl/α,β-unsaturated/α-hetero) is 2. The summed E-state index contributed by atoms with van der Waals surface area (Å²) in [6.07, 6.45) is 30.2. The van der Waals surface area contributed by atoms with Crippen LogP contribution < -0.4 is 22.1 Å². The van der Waals surface area contributed by atoms with E-state index in [-0.39, 0.29) is 74.4 Å². The Bertz CT molecular complexity index is 2650. The number of thioether (sulfide) groups is 1. The zero-order chi connectivity index (χ0) is 105. The molecule has 3 amide bonds. The Balaban J connectivity index is 3.54. The van der Waals surface area contributed by atoms with Crippen molar-refractivity contribution < 1.29 is 176 Å². The first kappa shape index (κ1) is 141. The first-order valence-corrected chi connectivity index (χ1v) is 55.5. The minimum atomic E-state index is -1.12. The van der Waals surface area contributed by atoms with Crippen molar-refractivity contribution in [2.24, 2.45) is 11.5 Å². The Labute approximate surface area is 873 Å². The van der Waals surface area contributed by atoms with Crippen LogP contribution in [0.15, 0.2) is 0 Å². The average Bonchev–Trinajstić information content (AvgIpc) is 0.901. The number of primary amides is 1. The van der Waals surface area contributed by atoms with E-state index in [4.69, 9.17) is 154 Å². The third-order valence-corrected chi connectivity index (χ3v) is 22.4. The minimum Gasteiger partial charge on any atom is -0.458 e. The molecule has 0 fully saturated rings. The molecule has 0 saturated heterocycles. The molecule has 0 aliphatic carbocycles. The quantitative estimate of drug-likeness (QED) is 0.0279. The molecule has 860 valence electrons. The maximum Gasteiger partial charge on any atom is 0.407 e. The van der Waals surface area contributed by atoms with E-state index in [0.29, 0.717) is 376 Å². The lowest BCUT2D eigenvalue weighted by Gasteiger charge is -2.20. The van der Waals surface area contributed by atoms with Gasteiger partial charge in [-0.1, -0.05) is 162 Å². The highest BCUT2D eigenvalue weighted by molar-refractivity contribution is 7.99. The highest BCUT2D eigenvalue weighted by Crippen LogP contribution is 2.17. The van der Waals surface area contributed by atoms with Crippen LogP contribution in [-0.4, -0.2) is 460 Å². The van der Waals surface area contributed by atoms with Crippen molar-refractivity contribution >= 4 is 47.2 Å². The fraction of sp³-hybridized carbons (Fsp3) is 0.942. The molecular formula is C103H200N4O37S. The summed E-state index contributed by atoms with van der Waals surface area (Å²) >= 11 is 1.28. The maximum atomic E-state index is 13.1. The van der Waals surface area contributed by atoms with Crippen LogP contribution in [0.2, 0.25) is 0 Å².